The average molecular weight is 562 g/mol. The molecule has 0 spiro atoms. The molecule has 0 radical (unpaired) electrons. The van der Waals surface area contributed by atoms with Crippen LogP contribution in [0.5, 0.6) is 0 Å². The van der Waals surface area contributed by atoms with Crippen molar-refractivity contribution >= 4 is 22.7 Å². The predicted molar refractivity (Wildman–Crippen MR) is 151 cm³/mol. The van der Waals surface area contributed by atoms with Crippen LogP contribution in [-0.2, 0) is 7.05 Å². The molecule has 0 saturated carbocycles. The predicted octanol–water partition coefficient (Wildman–Crippen LogP) is 5.82. The van der Waals surface area contributed by atoms with E-state index in [1.807, 2.05) is 13.8 Å². The number of aromatic nitrogens is 4. The largest absolute Gasteiger partial charge is 0.361 e. The van der Waals surface area contributed by atoms with Gasteiger partial charge in [0.25, 0.3) is 12.2 Å². The van der Waals surface area contributed by atoms with Crippen LogP contribution >= 0.6 is 0 Å². The summed E-state index contributed by atoms with van der Waals surface area (Å²) >= 11 is 0. The van der Waals surface area contributed by atoms with E-state index in [4.69, 9.17) is 6.57 Å². The first-order valence-electron chi connectivity index (χ1n) is 13.5. The maximum atomic E-state index is 13.9. The second-order valence-corrected chi connectivity index (χ2v) is 10.1. The Morgan fingerprint density at radius 3 is 2.32 bits per heavy atom. The first-order valence-corrected chi connectivity index (χ1v) is 13.5. The second-order valence-electron chi connectivity index (χ2n) is 10.1. The number of benzene rings is 1. The molecule has 11 heteroatoms. The summed E-state index contributed by atoms with van der Waals surface area (Å²) in [7, 11) is 1.62. The van der Waals surface area contributed by atoms with Crippen LogP contribution in [-0.4, -0.2) is 49.6 Å². The smallest absolute Gasteiger partial charge is 0.350 e. The monoisotopic (exact) mass is 561 g/mol. The summed E-state index contributed by atoms with van der Waals surface area (Å²) in [6.45, 7) is 12.5. The fraction of sp³-hybridized carbons (Fsp3) is 0.367. The van der Waals surface area contributed by atoms with Crippen LogP contribution in [0.25, 0.3) is 15.9 Å². The van der Waals surface area contributed by atoms with Crippen molar-refractivity contribution in [2.45, 2.75) is 51.2 Å². The highest BCUT2D eigenvalue weighted by atomic mass is 19.3. The Hall–Kier alpha value is -4.30. The van der Waals surface area contributed by atoms with Gasteiger partial charge in [0.1, 0.15) is 11.5 Å². The molecule has 0 aliphatic carbocycles. The molecule has 0 N–H and O–H groups in total. The Bertz CT molecular complexity index is 1650. The molecule has 212 valence electrons. The molecule has 1 saturated heterocycles. The third kappa shape index (κ3) is 5.39. The van der Waals surface area contributed by atoms with Crippen molar-refractivity contribution in [3.8, 4) is 0 Å². The zero-order chi connectivity index (χ0) is 29.3. The fourth-order valence-corrected chi connectivity index (χ4v) is 5.64. The van der Waals surface area contributed by atoms with Crippen molar-refractivity contribution < 1.29 is 13.2 Å². The Kier molecular flexibility index (Phi) is 8.03. The van der Waals surface area contributed by atoms with Crippen LogP contribution in [0.4, 0.5) is 24.8 Å². The summed E-state index contributed by atoms with van der Waals surface area (Å²) in [5.74, 6) is 0.244. The zero-order valence-electron chi connectivity index (χ0n) is 23.0. The lowest BCUT2D eigenvalue weighted by Crippen LogP contribution is -2.59. The summed E-state index contributed by atoms with van der Waals surface area (Å²) in [5.41, 5.74) is 1.51. The Morgan fingerprint density at radius 2 is 1.66 bits per heavy atom. The molecule has 5 rings (SSSR count). The molecule has 1 unspecified atom stereocenters. The highest BCUT2D eigenvalue weighted by molar-refractivity contribution is 5.87. The minimum atomic E-state index is -2.72. The highest BCUT2D eigenvalue weighted by Gasteiger charge is 2.39. The number of fused-ring (bicyclic) bond motifs is 1. The number of halogens is 3. The molecule has 8 nitrogen and oxygen atoms in total. The van der Waals surface area contributed by atoms with Crippen LogP contribution in [0, 0.1) is 12.4 Å². The number of hydrogen-bond acceptors (Lipinski definition) is 6. The van der Waals surface area contributed by atoms with Gasteiger partial charge in [0.05, 0.1) is 17.3 Å². The normalized spacial score (nSPS) is 18.5. The van der Waals surface area contributed by atoms with E-state index >= 15 is 0 Å². The van der Waals surface area contributed by atoms with E-state index < -0.39 is 18.2 Å². The maximum absolute atomic E-state index is 13.9. The molecule has 1 aliphatic heterocycles. The first-order chi connectivity index (χ1) is 19.7. The number of hydrogen-bond donors (Lipinski definition) is 0. The molecule has 41 heavy (non-hydrogen) atoms. The minimum absolute atomic E-state index is 0.102. The van der Waals surface area contributed by atoms with Crippen LogP contribution in [0.15, 0.2) is 59.4 Å². The van der Waals surface area contributed by atoms with Gasteiger partial charge in [0.15, 0.2) is 5.82 Å². The fourth-order valence-electron chi connectivity index (χ4n) is 5.64. The molecule has 3 atom stereocenters. The second kappa shape index (κ2) is 11.7. The van der Waals surface area contributed by atoms with Crippen LogP contribution in [0.1, 0.15) is 56.1 Å². The maximum Gasteiger partial charge on any atom is 0.350 e. The van der Waals surface area contributed by atoms with Gasteiger partial charge in [-0.25, -0.2) is 22.9 Å². The van der Waals surface area contributed by atoms with Crippen LogP contribution in [0.2, 0.25) is 0 Å². The number of nitrogens with zero attached hydrogens (tertiary/aromatic N) is 7. The van der Waals surface area contributed by atoms with Gasteiger partial charge in [0, 0.05) is 32.2 Å². The van der Waals surface area contributed by atoms with Crippen LogP contribution in [0.3, 0.4) is 0 Å². The van der Waals surface area contributed by atoms with Gasteiger partial charge < -0.3 is 9.74 Å². The first kappa shape index (κ1) is 28.2. The van der Waals surface area contributed by atoms with Gasteiger partial charge in [-0.05, 0) is 54.8 Å². The number of anilines is 1. The summed E-state index contributed by atoms with van der Waals surface area (Å²) in [5, 5.41) is 0. The number of alkyl halides is 2. The minimum Gasteiger partial charge on any atom is -0.361 e. The number of aryl methyl sites for hydroxylation is 1. The van der Waals surface area contributed by atoms with E-state index in [1.165, 1.54) is 22.8 Å². The molecule has 4 aromatic rings. The lowest BCUT2D eigenvalue weighted by Gasteiger charge is -2.49. The van der Waals surface area contributed by atoms with Gasteiger partial charge in [-0.1, -0.05) is 38.6 Å². The molecule has 0 amide bonds. The van der Waals surface area contributed by atoms with Crippen molar-refractivity contribution in [1.29, 1.82) is 0 Å². The van der Waals surface area contributed by atoms with Gasteiger partial charge >= 0.3 is 5.69 Å². The van der Waals surface area contributed by atoms with Gasteiger partial charge in [-0.2, -0.15) is 4.98 Å². The SMILES string of the molecule is [C-]#[N+]c1ccc2c(n1)c(N1C[C@@H](CC)N(C(c3ccc(F)cc3)c3cccc(C(F)F)n3)C[C@@H]1CC)nc(=O)n2C. The van der Waals surface area contributed by atoms with E-state index in [9.17, 15) is 18.0 Å². The van der Waals surface area contributed by atoms with E-state index in [0.29, 0.717) is 48.5 Å². The summed E-state index contributed by atoms with van der Waals surface area (Å²) < 4.78 is 42.6. The van der Waals surface area contributed by atoms with E-state index in [0.717, 1.165) is 5.56 Å². The molecule has 0 bridgehead atoms. The van der Waals surface area contributed by atoms with Crippen molar-refractivity contribution in [2.75, 3.05) is 18.0 Å². The molecule has 4 heterocycles. The molecular formula is C30H30F3N7O. The number of pyridine rings is 2. The molecule has 1 aliphatic rings. The summed E-state index contributed by atoms with van der Waals surface area (Å²) in [6, 6.07) is 13.2. The van der Waals surface area contributed by atoms with Crippen molar-refractivity contribution in [2.24, 2.45) is 7.05 Å². The quantitative estimate of drug-likeness (QED) is 0.265. The molecular weight excluding hydrogens is 531 g/mol. The Morgan fingerprint density at radius 1 is 0.951 bits per heavy atom. The van der Waals surface area contributed by atoms with E-state index in [2.05, 4.69) is 29.6 Å². The Balaban J connectivity index is 1.62. The van der Waals surface area contributed by atoms with Crippen molar-refractivity contribution in [3.05, 3.63) is 99.3 Å². The molecule has 1 fully saturated rings. The number of piperazine rings is 1. The van der Waals surface area contributed by atoms with E-state index in [-0.39, 0.29) is 29.4 Å². The lowest BCUT2D eigenvalue weighted by molar-refractivity contribution is 0.107. The topological polar surface area (TPSA) is 71.5 Å². The van der Waals surface area contributed by atoms with Crippen molar-refractivity contribution in [1.82, 2.24) is 24.4 Å². The Labute approximate surface area is 235 Å². The van der Waals surface area contributed by atoms with Crippen molar-refractivity contribution in [3.63, 3.8) is 0 Å². The third-order valence-corrected chi connectivity index (χ3v) is 7.80. The number of rotatable bonds is 7. The lowest BCUT2D eigenvalue weighted by atomic mass is 9.94. The van der Waals surface area contributed by atoms with Gasteiger partial charge in [-0.3, -0.25) is 9.47 Å². The summed E-state index contributed by atoms with van der Waals surface area (Å²) in [6.07, 6.45) is -1.34. The van der Waals surface area contributed by atoms with Crippen LogP contribution < -0.4 is 10.6 Å². The van der Waals surface area contributed by atoms with Gasteiger partial charge in [-0.15, -0.1) is 4.98 Å². The van der Waals surface area contributed by atoms with Gasteiger partial charge in [0.2, 0.25) is 5.52 Å². The molecule has 1 aromatic carbocycles. The third-order valence-electron chi connectivity index (χ3n) is 7.80. The average Bonchev–Trinajstić information content (AvgIpc) is 2.99. The highest BCUT2D eigenvalue weighted by Crippen LogP contribution is 2.37. The zero-order valence-corrected chi connectivity index (χ0v) is 23.0. The summed E-state index contributed by atoms with van der Waals surface area (Å²) in [4.78, 5) is 33.9. The van der Waals surface area contributed by atoms with E-state index in [1.54, 1.807) is 43.4 Å². The standard InChI is InChI=1S/C30H30F3N7O/c1-5-20-17-40(29-26-24(38(4)30(41)37-29)14-15-25(34-3)36-26)21(6-2)16-39(20)27(18-10-12-19(31)13-11-18)22-8-7-9-23(35-22)28(32)33/h7-15,20-21,27-28H,5-6,16-17H2,1-2,4H3/t20-,21+,27?/m1/s1. The molecule has 3 aromatic heterocycles.